The molecule has 4 aromatic rings. The number of aryl methyl sites for hydroxylation is 3. The molecular weight excluding hydrogens is 348 g/mol. The van der Waals surface area contributed by atoms with Crippen molar-refractivity contribution in [3.05, 3.63) is 66.0 Å². The molecule has 4 rings (SSSR count). The molecule has 0 atom stereocenters. The molecule has 0 saturated carbocycles. The molecule has 4 heteroatoms. The summed E-state index contributed by atoms with van der Waals surface area (Å²) in [7, 11) is 0. The van der Waals surface area contributed by atoms with Crippen LogP contribution >= 0.6 is 0 Å². The zero-order chi connectivity index (χ0) is 19.9. The van der Waals surface area contributed by atoms with Crippen molar-refractivity contribution in [1.82, 2.24) is 9.13 Å². The van der Waals surface area contributed by atoms with Gasteiger partial charge in [0.25, 0.3) is 0 Å². The van der Waals surface area contributed by atoms with Crippen LogP contribution < -0.4 is 4.74 Å². The molecule has 28 heavy (non-hydrogen) atoms. The number of nitrogens with zero attached hydrogens (tertiary/aromatic N) is 2. The first-order valence-corrected chi connectivity index (χ1v) is 9.89. The van der Waals surface area contributed by atoms with Gasteiger partial charge in [-0.3, -0.25) is 0 Å². The third-order valence-corrected chi connectivity index (χ3v) is 5.46. The van der Waals surface area contributed by atoms with Crippen molar-refractivity contribution >= 4 is 21.8 Å². The van der Waals surface area contributed by atoms with Gasteiger partial charge < -0.3 is 19.0 Å². The second kappa shape index (κ2) is 7.02. The van der Waals surface area contributed by atoms with Crippen LogP contribution in [0.2, 0.25) is 0 Å². The average Bonchev–Trinajstić information content (AvgIpc) is 3.16. The van der Waals surface area contributed by atoms with Gasteiger partial charge in [-0.05, 0) is 50.1 Å². The first-order chi connectivity index (χ1) is 13.3. The molecule has 146 valence electrons. The molecule has 1 N–H and O–H groups in total. The Bertz CT molecular complexity index is 1130. The molecule has 0 fully saturated rings. The summed E-state index contributed by atoms with van der Waals surface area (Å²) in [6, 6.07) is 16.7. The SMILES string of the molecule is Cc1c(C)n(CCCn2ccc3c(OC(C)(C)O)cccc32)c2ccccc12. The maximum absolute atomic E-state index is 9.99. The van der Waals surface area contributed by atoms with Crippen LogP contribution in [0.1, 0.15) is 31.5 Å². The fraction of sp³-hybridized carbons (Fsp3) is 0.333. The predicted octanol–water partition coefficient (Wildman–Crippen LogP) is 5.41. The number of para-hydroxylation sites is 1. The van der Waals surface area contributed by atoms with Crippen LogP contribution in [0, 0.1) is 13.8 Å². The van der Waals surface area contributed by atoms with E-state index < -0.39 is 5.79 Å². The summed E-state index contributed by atoms with van der Waals surface area (Å²) in [6.07, 6.45) is 3.15. The van der Waals surface area contributed by atoms with Gasteiger partial charge in [0.1, 0.15) is 5.75 Å². The van der Waals surface area contributed by atoms with Crippen LogP contribution in [0.4, 0.5) is 0 Å². The Labute approximate surface area is 166 Å². The molecular formula is C24H28N2O2. The molecule has 0 bridgehead atoms. The van der Waals surface area contributed by atoms with E-state index in [1.165, 1.54) is 22.2 Å². The molecule has 0 unspecified atom stereocenters. The molecule has 2 aromatic carbocycles. The average molecular weight is 377 g/mol. The van der Waals surface area contributed by atoms with Crippen LogP contribution in [-0.2, 0) is 13.1 Å². The maximum Gasteiger partial charge on any atom is 0.202 e. The number of hydrogen-bond donors (Lipinski definition) is 1. The second-order valence-corrected chi connectivity index (χ2v) is 7.98. The van der Waals surface area contributed by atoms with Gasteiger partial charge in [-0.15, -0.1) is 0 Å². The highest BCUT2D eigenvalue weighted by atomic mass is 16.6. The molecule has 0 aliphatic heterocycles. The Morgan fingerprint density at radius 3 is 2.43 bits per heavy atom. The molecule has 4 nitrogen and oxygen atoms in total. The summed E-state index contributed by atoms with van der Waals surface area (Å²) in [5, 5.41) is 12.4. The summed E-state index contributed by atoms with van der Waals surface area (Å²) >= 11 is 0. The van der Waals surface area contributed by atoms with Crippen LogP contribution in [0.3, 0.4) is 0 Å². The molecule has 0 spiro atoms. The summed E-state index contributed by atoms with van der Waals surface area (Å²) in [5.74, 6) is -0.479. The van der Waals surface area contributed by atoms with Crippen LogP contribution in [-0.4, -0.2) is 20.0 Å². The zero-order valence-electron chi connectivity index (χ0n) is 17.1. The molecule has 0 saturated heterocycles. The largest absolute Gasteiger partial charge is 0.462 e. The second-order valence-electron chi connectivity index (χ2n) is 7.98. The number of hydrogen-bond acceptors (Lipinski definition) is 2. The molecule has 2 aromatic heterocycles. The first-order valence-electron chi connectivity index (χ1n) is 9.89. The lowest BCUT2D eigenvalue weighted by Gasteiger charge is -2.20. The standard InChI is InChI=1S/C24H28N2O2/c1-17-18(2)26(22-10-6-5-9-19(17)22)15-8-14-25-16-13-20-21(25)11-7-12-23(20)28-24(3,4)27/h5-7,9-13,16,27H,8,14-15H2,1-4H3. The number of fused-ring (bicyclic) bond motifs is 2. The van der Waals surface area contributed by atoms with E-state index in [9.17, 15) is 5.11 Å². The van der Waals surface area contributed by atoms with Gasteiger partial charge in [-0.1, -0.05) is 24.3 Å². The van der Waals surface area contributed by atoms with Crippen molar-refractivity contribution in [2.45, 2.75) is 53.0 Å². The highest BCUT2D eigenvalue weighted by Crippen LogP contribution is 2.29. The van der Waals surface area contributed by atoms with Gasteiger partial charge in [0.15, 0.2) is 0 Å². The third-order valence-electron chi connectivity index (χ3n) is 5.46. The summed E-state index contributed by atoms with van der Waals surface area (Å²) in [5.41, 5.74) is 5.16. The van der Waals surface area contributed by atoms with Crippen LogP contribution in [0.15, 0.2) is 54.7 Å². The van der Waals surface area contributed by atoms with E-state index in [4.69, 9.17) is 4.74 Å². The van der Waals surface area contributed by atoms with Crippen molar-refractivity contribution in [2.24, 2.45) is 0 Å². The Morgan fingerprint density at radius 2 is 1.64 bits per heavy atom. The number of rotatable bonds is 6. The molecule has 2 heterocycles. The van der Waals surface area contributed by atoms with E-state index in [2.05, 4.69) is 65.6 Å². The topological polar surface area (TPSA) is 39.3 Å². The van der Waals surface area contributed by atoms with E-state index in [0.29, 0.717) is 5.75 Å². The first kappa shape index (κ1) is 18.6. The van der Waals surface area contributed by atoms with E-state index in [-0.39, 0.29) is 0 Å². The van der Waals surface area contributed by atoms with Crippen molar-refractivity contribution in [2.75, 3.05) is 0 Å². The minimum Gasteiger partial charge on any atom is -0.462 e. The van der Waals surface area contributed by atoms with E-state index in [0.717, 1.165) is 30.4 Å². The quantitative estimate of drug-likeness (QED) is 0.457. The van der Waals surface area contributed by atoms with Crippen molar-refractivity contribution in [3.63, 3.8) is 0 Å². The lowest BCUT2D eigenvalue weighted by molar-refractivity contribution is -0.103. The zero-order valence-corrected chi connectivity index (χ0v) is 17.1. The van der Waals surface area contributed by atoms with Gasteiger partial charge in [0.05, 0.1) is 5.52 Å². The lowest BCUT2D eigenvalue weighted by atomic mass is 10.2. The molecule has 0 aliphatic carbocycles. The number of aromatic nitrogens is 2. The van der Waals surface area contributed by atoms with Gasteiger partial charge in [-0.2, -0.15) is 0 Å². The summed E-state index contributed by atoms with van der Waals surface area (Å²) < 4.78 is 10.4. The van der Waals surface area contributed by atoms with Gasteiger partial charge in [0, 0.05) is 55.1 Å². The number of aliphatic hydroxyl groups is 1. The summed E-state index contributed by atoms with van der Waals surface area (Å²) in [4.78, 5) is 0. The molecule has 0 amide bonds. The Balaban J connectivity index is 1.55. The number of ether oxygens (including phenoxy) is 1. The van der Waals surface area contributed by atoms with Crippen LogP contribution in [0.25, 0.3) is 21.8 Å². The predicted molar refractivity (Wildman–Crippen MR) is 115 cm³/mol. The fourth-order valence-corrected chi connectivity index (χ4v) is 4.04. The maximum atomic E-state index is 9.99. The van der Waals surface area contributed by atoms with Crippen molar-refractivity contribution < 1.29 is 9.84 Å². The highest BCUT2D eigenvalue weighted by molar-refractivity contribution is 5.86. The smallest absolute Gasteiger partial charge is 0.202 e. The molecule has 0 aliphatic rings. The minimum absolute atomic E-state index is 0.714. The van der Waals surface area contributed by atoms with E-state index >= 15 is 0 Å². The normalized spacial score (nSPS) is 12.2. The van der Waals surface area contributed by atoms with Gasteiger partial charge in [-0.25, -0.2) is 0 Å². The van der Waals surface area contributed by atoms with Gasteiger partial charge >= 0.3 is 0 Å². The highest BCUT2D eigenvalue weighted by Gasteiger charge is 2.17. The van der Waals surface area contributed by atoms with E-state index in [1.54, 1.807) is 13.8 Å². The fourth-order valence-electron chi connectivity index (χ4n) is 4.04. The van der Waals surface area contributed by atoms with Crippen molar-refractivity contribution in [3.8, 4) is 5.75 Å². The monoisotopic (exact) mass is 376 g/mol. The van der Waals surface area contributed by atoms with Gasteiger partial charge in [0.2, 0.25) is 5.79 Å². The molecule has 0 radical (unpaired) electrons. The summed E-state index contributed by atoms with van der Waals surface area (Å²) in [6.45, 7) is 9.63. The van der Waals surface area contributed by atoms with Crippen LogP contribution in [0.5, 0.6) is 5.75 Å². The Kier molecular flexibility index (Phi) is 4.68. The third kappa shape index (κ3) is 3.40. The number of benzene rings is 2. The Hall–Kier alpha value is -2.72. The lowest BCUT2D eigenvalue weighted by Crippen LogP contribution is -2.27. The van der Waals surface area contributed by atoms with Crippen molar-refractivity contribution in [1.29, 1.82) is 0 Å². The Morgan fingerprint density at radius 1 is 0.893 bits per heavy atom. The van der Waals surface area contributed by atoms with E-state index in [1.807, 2.05) is 12.1 Å². The minimum atomic E-state index is -1.19.